The Bertz CT molecular complexity index is 702. The lowest BCUT2D eigenvalue weighted by Gasteiger charge is -2.37. The molecule has 1 aliphatic rings. The number of hydrogen-bond donors (Lipinski definition) is 0. The van der Waals surface area contributed by atoms with Crippen molar-refractivity contribution in [2.45, 2.75) is 39.2 Å². The van der Waals surface area contributed by atoms with E-state index in [4.69, 9.17) is 0 Å². The minimum absolute atomic E-state index is 0.0857. The molecule has 0 radical (unpaired) electrons. The van der Waals surface area contributed by atoms with Crippen LogP contribution in [0.5, 0.6) is 0 Å². The SMILES string of the molecule is CC[C@H]1CC[C@@H](C)N(C(=O)c2cn(C)nc2-c2cnn(C)c2)C1. The molecule has 6 heteroatoms. The Hall–Kier alpha value is -2.11. The number of piperidine rings is 1. The number of amides is 1. The van der Waals surface area contributed by atoms with Gasteiger partial charge in [-0.1, -0.05) is 13.3 Å². The Morgan fingerprint density at radius 3 is 2.70 bits per heavy atom. The third-order valence-electron chi connectivity index (χ3n) is 4.86. The highest BCUT2D eigenvalue weighted by Crippen LogP contribution is 2.28. The Morgan fingerprint density at radius 2 is 2.04 bits per heavy atom. The molecule has 3 rings (SSSR count). The summed E-state index contributed by atoms with van der Waals surface area (Å²) in [6.07, 6.45) is 8.89. The third kappa shape index (κ3) is 3.02. The molecule has 23 heavy (non-hydrogen) atoms. The quantitative estimate of drug-likeness (QED) is 0.874. The van der Waals surface area contributed by atoms with Crippen molar-refractivity contribution in [3.63, 3.8) is 0 Å². The van der Waals surface area contributed by atoms with Crippen LogP contribution in [0.15, 0.2) is 18.6 Å². The predicted molar refractivity (Wildman–Crippen MR) is 88.9 cm³/mol. The molecule has 3 heterocycles. The van der Waals surface area contributed by atoms with Gasteiger partial charge in [-0.3, -0.25) is 14.2 Å². The van der Waals surface area contributed by atoms with Crippen molar-refractivity contribution in [1.82, 2.24) is 24.5 Å². The molecule has 1 aliphatic heterocycles. The lowest BCUT2D eigenvalue weighted by molar-refractivity contribution is 0.0557. The van der Waals surface area contributed by atoms with Crippen LogP contribution in [-0.4, -0.2) is 43.0 Å². The van der Waals surface area contributed by atoms with Crippen LogP contribution >= 0.6 is 0 Å². The maximum atomic E-state index is 13.1. The minimum atomic E-state index is 0.0857. The van der Waals surface area contributed by atoms with Crippen molar-refractivity contribution in [2.75, 3.05) is 6.54 Å². The molecule has 124 valence electrons. The summed E-state index contributed by atoms with van der Waals surface area (Å²) in [5.41, 5.74) is 2.27. The molecule has 6 nitrogen and oxygen atoms in total. The van der Waals surface area contributed by atoms with E-state index in [9.17, 15) is 4.79 Å². The molecule has 0 aromatic carbocycles. The highest BCUT2D eigenvalue weighted by Gasteiger charge is 2.31. The van der Waals surface area contributed by atoms with Gasteiger partial charge in [-0.05, 0) is 25.7 Å². The van der Waals surface area contributed by atoms with E-state index in [1.807, 2.05) is 31.4 Å². The summed E-state index contributed by atoms with van der Waals surface area (Å²) in [6, 6.07) is 0.284. The fourth-order valence-corrected chi connectivity index (χ4v) is 3.35. The number of hydrogen-bond acceptors (Lipinski definition) is 3. The second-order valence-electron chi connectivity index (χ2n) is 6.63. The molecule has 0 bridgehead atoms. The molecule has 0 spiro atoms. The van der Waals surface area contributed by atoms with Crippen molar-refractivity contribution < 1.29 is 4.79 Å². The average Bonchev–Trinajstić information content (AvgIpc) is 3.13. The summed E-state index contributed by atoms with van der Waals surface area (Å²) >= 11 is 0. The summed E-state index contributed by atoms with van der Waals surface area (Å²) < 4.78 is 3.44. The van der Waals surface area contributed by atoms with Crippen molar-refractivity contribution in [1.29, 1.82) is 0 Å². The van der Waals surface area contributed by atoms with Crippen LogP contribution in [0.1, 0.15) is 43.5 Å². The zero-order chi connectivity index (χ0) is 16.6. The summed E-state index contributed by atoms with van der Waals surface area (Å²) in [5, 5.41) is 8.69. The first-order chi connectivity index (χ1) is 11.0. The largest absolute Gasteiger partial charge is 0.336 e. The molecule has 1 amide bonds. The van der Waals surface area contributed by atoms with Gasteiger partial charge in [-0.25, -0.2) is 0 Å². The van der Waals surface area contributed by atoms with Gasteiger partial charge in [0.15, 0.2) is 0 Å². The molecular formula is C17H25N5O. The summed E-state index contributed by atoms with van der Waals surface area (Å²) in [5.74, 6) is 0.691. The molecule has 0 unspecified atom stereocenters. The molecule has 2 aromatic rings. The monoisotopic (exact) mass is 315 g/mol. The van der Waals surface area contributed by atoms with E-state index >= 15 is 0 Å². The highest BCUT2D eigenvalue weighted by molar-refractivity contribution is 6.00. The molecule has 1 fully saturated rings. The van der Waals surface area contributed by atoms with E-state index in [0.717, 1.165) is 30.6 Å². The predicted octanol–water partition coefficient (Wildman–Crippen LogP) is 2.47. The standard InChI is InChI=1S/C17H25N5O/c1-5-13-7-6-12(2)22(9-13)17(23)15-11-21(4)19-16(15)14-8-18-20(3)10-14/h8,10-13H,5-7,9H2,1-4H3/t12-,13+/m1/s1. The zero-order valence-corrected chi connectivity index (χ0v) is 14.4. The average molecular weight is 315 g/mol. The number of carbonyl (C=O) groups is 1. The van der Waals surface area contributed by atoms with E-state index in [2.05, 4.69) is 24.0 Å². The van der Waals surface area contributed by atoms with Crippen molar-refractivity contribution >= 4 is 5.91 Å². The lowest BCUT2D eigenvalue weighted by Crippen LogP contribution is -2.45. The molecule has 2 atom stereocenters. The summed E-state index contributed by atoms with van der Waals surface area (Å²) in [6.45, 7) is 5.19. The lowest BCUT2D eigenvalue weighted by atomic mass is 9.91. The van der Waals surface area contributed by atoms with E-state index in [1.165, 1.54) is 6.42 Å². The molecule has 0 saturated carbocycles. The van der Waals surface area contributed by atoms with E-state index in [-0.39, 0.29) is 11.9 Å². The van der Waals surface area contributed by atoms with Crippen LogP contribution in [0, 0.1) is 5.92 Å². The number of rotatable bonds is 3. The Morgan fingerprint density at radius 1 is 1.26 bits per heavy atom. The van der Waals surface area contributed by atoms with Gasteiger partial charge >= 0.3 is 0 Å². The van der Waals surface area contributed by atoms with Gasteiger partial charge in [0.2, 0.25) is 0 Å². The zero-order valence-electron chi connectivity index (χ0n) is 14.4. The van der Waals surface area contributed by atoms with Crippen LogP contribution in [0.2, 0.25) is 0 Å². The van der Waals surface area contributed by atoms with Gasteiger partial charge in [0.1, 0.15) is 5.69 Å². The van der Waals surface area contributed by atoms with E-state index in [1.54, 1.807) is 15.6 Å². The van der Waals surface area contributed by atoms with Gasteiger partial charge in [-0.2, -0.15) is 10.2 Å². The van der Waals surface area contributed by atoms with Crippen LogP contribution < -0.4 is 0 Å². The van der Waals surface area contributed by atoms with Gasteiger partial charge in [0, 0.05) is 44.6 Å². The number of aryl methyl sites for hydroxylation is 2. The van der Waals surface area contributed by atoms with Crippen molar-refractivity contribution in [3.8, 4) is 11.3 Å². The second-order valence-corrected chi connectivity index (χ2v) is 6.63. The van der Waals surface area contributed by atoms with Crippen LogP contribution in [0.25, 0.3) is 11.3 Å². The first kappa shape index (κ1) is 15.8. The maximum Gasteiger partial charge on any atom is 0.257 e. The highest BCUT2D eigenvalue weighted by atomic mass is 16.2. The molecule has 0 aliphatic carbocycles. The number of likely N-dealkylation sites (tertiary alicyclic amines) is 1. The van der Waals surface area contributed by atoms with Crippen LogP contribution in [0.4, 0.5) is 0 Å². The Kier molecular flexibility index (Phi) is 4.24. The Balaban J connectivity index is 1.93. The summed E-state index contributed by atoms with van der Waals surface area (Å²) in [4.78, 5) is 15.2. The first-order valence-electron chi connectivity index (χ1n) is 8.33. The first-order valence-corrected chi connectivity index (χ1v) is 8.33. The van der Waals surface area contributed by atoms with E-state index in [0.29, 0.717) is 11.5 Å². The van der Waals surface area contributed by atoms with E-state index < -0.39 is 0 Å². The van der Waals surface area contributed by atoms with Gasteiger partial charge < -0.3 is 4.90 Å². The van der Waals surface area contributed by atoms with Gasteiger partial charge in [0.25, 0.3) is 5.91 Å². The molecular weight excluding hydrogens is 290 g/mol. The van der Waals surface area contributed by atoms with Gasteiger partial charge in [-0.15, -0.1) is 0 Å². The molecule has 0 N–H and O–H groups in total. The van der Waals surface area contributed by atoms with Gasteiger partial charge in [0.05, 0.1) is 11.8 Å². The van der Waals surface area contributed by atoms with Crippen LogP contribution in [0.3, 0.4) is 0 Å². The fraction of sp³-hybridized carbons (Fsp3) is 0.588. The number of nitrogens with zero attached hydrogens (tertiary/aromatic N) is 5. The number of carbonyl (C=O) groups excluding carboxylic acids is 1. The number of aromatic nitrogens is 4. The van der Waals surface area contributed by atoms with Crippen molar-refractivity contribution in [3.05, 3.63) is 24.2 Å². The summed E-state index contributed by atoms with van der Waals surface area (Å²) in [7, 11) is 3.72. The maximum absolute atomic E-state index is 13.1. The van der Waals surface area contributed by atoms with Crippen molar-refractivity contribution in [2.24, 2.45) is 20.0 Å². The Labute approximate surface area is 137 Å². The minimum Gasteiger partial charge on any atom is -0.336 e. The molecule has 2 aromatic heterocycles. The van der Waals surface area contributed by atoms with Crippen LogP contribution in [-0.2, 0) is 14.1 Å². The smallest absolute Gasteiger partial charge is 0.257 e. The third-order valence-corrected chi connectivity index (χ3v) is 4.86. The fourth-order valence-electron chi connectivity index (χ4n) is 3.35. The molecule has 1 saturated heterocycles. The topological polar surface area (TPSA) is 56.0 Å². The normalized spacial score (nSPS) is 21.7. The second kappa shape index (κ2) is 6.18.